The van der Waals surface area contributed by atoms with Crippen molar-refractivity contribution in [3.05, 3.63) is 34.3 Å². The van der Waals surface area contributed by atoms with Gasteiger partial charge in [-0.25, -0.2) is 0 Å². The van der Waals surface area contributed by atoms with Crippen LogP contribution in [0.25, 0.3) is 0 Å². The zero-order chi connectivity index (χ0) is 18.4. The van der Waals surface area contributed by atoms with Crippen LogP contribution in [0.5, 0.6) is 0 Å². The first-order valence-electron chi connectivity index (χ1n) is 8.09. The lowest BCUT2D eigenvalue weighted by molar-refractivity contribution is -0.145. The Balaban J connectivity index is 2.90. The van der Waals surface area contributed by atoms with Crippen molar-refractivity contribution in [2.24, 2.45) is 5.41 Å². The van der Waals surface area contributed by atoms with Gasteiger partial charge >= 0.3 is 5.97 Å². The molecule has 1 aromatic carbocycles. The van der Waals surface area contributed by atoms with Crippen LogP contribution < -0.4 is 0 Å². The van der Waals surface area contributed by atoms with Gasteiger partial charge in [-0.1, -0.05) is 109 Å². The number of halogens is 4. The maximum Gasteiger partial charge on any atom is 0.313 e. The van der Waals surface area contributed by atoms with E-state index in [1.165, 1.54) is 0 Å². The summed E-state index contributed by atoms with van der Waals surface area (Å²) in [6.45, 7) is 6.92. The van der Waals surface area contributed by atoms with Crippen LogP contribution in [-0.4, -0.2) is 14.7 Å². The second kappa shape index (κ2) is 10.1. The monoisotopic (exact) mass is 588 g/mol. The lowest BCUT2D eigenvalue weighted by Crippen LogP contribution is -2.23. The molecule has 0 aromatic heterocycles. The summed E-state index contributed by atoms with van der Waals surface area (Å²) in [5.74, 6) is -0.431. The van der Waals surface area contributed by atoms with Gasteiger partial charge in [0.2, 0.25) is 0 Å². The fourth-order valence-corrected chi connectivity index (χ4v) is 3.07. The first-order chi connectivity index (χ1) is 11.1. The van der Waals surface area contributed by atoms with E-state index in [0.717, 1.165) is 35.7 Å². The van der Waals surface area contributed by atoms with Gasteiger partial charge in [-0.2, -0.15) is 0 Å². The molecule has 1 rings (SSSR count). The van der Waals surface area contributed by atoms with Gasteiger partial charge in [0.1, 0.15) is 6.61 Å². The summed E-state index contributed by atoms with van der Waals surface area (Å²) in [4.78, 5) is 12.7. The van der Waals surface area contributed by atoms with E-state index in [-0.39, 0.29) is 23.9 Å². The van der Waals surface area contributed by atoms with Gasteiger partial charge in [-0.3, -0.25) is 4.79 Å². The Kier molecular flexibility index (Phi) is 9.51. The number of esters is 1. The largest absolute Gasteiger partial charge is 0.462 e. The highest BCUT2D eigenvalue weighted by atomic mass is 80.0. The number of benzene rings is 1. The van der Waals surface area contributed by atoms with Crippen molar-refractivity contribution in [1.29, 1.82) is 0 Å². The maximum atomic E-state index is 12.7. The minimum Gasteiger partial charge on any atom is -0.462 e. The molecular weight excluding hydrogens is 568 g/mol. The molecule has 0 amide bonds. The van der Waals surface area contributed by atoms with Crippen molar-refractivity contribution in [1.82, 2.24) is 0 Å². The number of hydrogen-bond donors (Lipinski definition) is 0. The van der Waals surface area contributed by atoms with Gasteiger partial charge in [0.05, 0.1) is 5.92 Å². The van der Waals surface area contributed by atoms with Gasteiger partial charge in [-0.15, -0.1) is 0 Å². The summed E-state index contributed by atoms with van der Waals surface area (Å²) < 4.78 is 5.92. The molecule has 0 heterocycles. The van der Waals surface area contributed by atoms with E-state index in [1.807, 2.05) is 24.3 Å². The van der Waals surface area contributed by atoms with Crippen molar-refractivity contribution in [2.45, 2.75) is 54.5 Å². The minimum atomic E-state index is -0.575. The van der Waals surface area contributed by atoms with Crippen LogP contribution in [0.1, 0.15) is 57.9 Å². The summed E-state index contributed by atoms with van der Waals surface area (Å²) in [7, 11) is 0. The molecule has 0 saturated heterocycles. The molecule has 6 heteroatoms. The van der Waals surface area contributed by atoms with Crippen LogP contribution >= 0.6 is 63.7 Å². The van der Waals surface area contributed by atoms with E-state index in [1.54, 1.807) is 0 Å². The van der Waals surface area contributed by atoms with Crippen LogP contribution in [0.4, 0.5) is 0 Å². The van der Waals surface area contributed by atoms with E-state index in [4.69, 9.17) is 4.74 Å². The lowest BCUT2D eigenvalue weighted by Gasteiger charge is -2.29. The average molecular weight is 592 g/mol. The molecule has 0 aliphatic heterocycles. The van der Waals surface area contributed by atoms with Gasteiger partial charge < -0.3 is 4.74 Å². The van der Waals surface area contributed by atoms with Gasteiger partial charge in [0, 0.05) is 4.47 Å². The molecule has 0 radical (unpaired) electrons. The number of alkyl halides is 3. The highest BCUT2D eigenvalue weighted by molar-refractivity contribution is 9.39. The molecule has 0 saturated carbocycles. The smallest absolute Gasteiger partial charge is 0.313 e. The van der Waals surface area contributed by atoms with E-state index in [2.05, 4.69) is 84.5 Å². The first kappa shape index (κ1) is 22.7. The molecule has 24 heavy (non-hydrogen) atoms. The third kappa shape index (κ3) is 7.88. The SMILES string of the molecule is CCC(C)(CC)CC[C@H](C(=O)OCC(Br)(Br)Br)c1ccc(Br)cc1. The van der Waals surface area contributed by atoms with Crippen molar-refractivity contribution in [2.75, 3.05) is 6.61 Å². The Morgan fingerprint density at radius 3 is 2.12 bits per heavy atom. The van der Waals surface area contributed by atoms with Crippen molar-refractivity contribution >= 4 is 69.7 Å². The number of carbonyl (C=O) groups excluding carboxylic acids is 1. The number of carbonyl (C=O) groups is 1. The minimum absolute atomic E-state index is 0.186. The average Bonchev–Trinajstić information content (AvgIpc) is 2.53. The summed E-state index contributed by atoms with van der Waals surface area (Å²) >= 11 is 13.5. The lowest BCUT2D eigenvalue weighted by atomic mass is 9.77. The third-order valence-electron chi connectivity index (χ3n) is 4.68. The fourth-order valence-electron chi connectivity index (χ4n) is 2.47. The molecule has 136 valence electrons. The highest BCUT2D eigenvalue weighted by Gasteiger charge is 2.29. The summed E-state index contributed by atoms with van der Waals surface area (Å²) in [5.41, 5.74) is 1.26. The molecule has 1 aromatic rings. The molecule has 2 nitrogen and oxygen atoms in total. The van der Waals surface area contributed by atoms with Crippen molar-refractivity contribution < 1.29 is 9.53 Å². The predicted molar refractivity (Wildman–Crippen MR) is 115 cm³/mol. The molecule has 0 N–H and O–H groups in total. The van der Waals surface area contributed by atoms with Gasteiger partial charge in [-0.05, 0) is 36.0 Å². The number of hydrogen-bond acceptors (Lipinski definition) is 2. The zero-order valence-electron chi connectivity index (χ0n) is 14.3. The van der Waals surface area contributed by atoms with Crippen molar-refractivity contribution in [3.8, 4) is 0 Å². The predicted octanol–water partition coefficient (Wildman–Crippen LogP) is 7.52. The Morgan fingerprint density at radius 1 is 1.12 bits per heavy atom. The van der Waals surface area contributed by atoms with Crippen LogP contribution in [-0.2, 0) is 9.53 Å². The quantitative estimate of drug-likeness (QED) is 0.231. The highest BCUT2D eigenvalue weighted by Crippen LogP contribution is 2.37. The second-order valence-corrected chi connectivity index (χ2v) is 14.6. The first-order valence-corrected chi connectivity index (χ1v) is 11.3. The Morgan fingerprint density at radius 2 is 1.67 bits per heavy atom. The van der Waals surface area contributed by atoms with Gasteiger partial charge in [0.15, 0.2) is 2.14 Å². The molecule has 0 aliphatic carbocycles. The van der Waals surface area contributed by atoms with Crippen LogP contribution in [0, 0.1) is 5.41 Å². The van der Waals surface area contributed by atoms with E-state index in [9.17, 15) is 4.79 Å². The molecule has 0 aliphatic rings. The molecular formula is C18H24Br4O2. The Hall–Kier alpha value is 0.610. The van der Waals surface area contributed by atoms with E-state index >= 15 is 0 Å². The molecule has 1 atom stereocenters. The second-order valence-electron chi connectivity index (χ2n) is 6.38. The molecule has 0 bridgehead atoms. The summed E-state index contributed by atoms with van der Waals surface area (Å²) in [6.07, 6.45) is 4.01. The zero-order valence-corrected chi connectivity index (χ0v) is 20.6. The maximum absolute atomic E-state index is 12.7. The van der Waals surface area contributed by atoms with Gasteiger partial charge in [0.25, 0.3) is 0 Å². The van der Waals surface area contributed by atoms with Crippen molar-refractivity contribution in [3.63, 3.8) is 0 Å². The molecule has 0 fully saturated rings. The summed E-state index contributed by atoms with van der Waals surface area (Å²) in [5, 5.41) is 0. The van der Waals surface area contributed by atoms with Crippen LogP contribution in [0.15, 0.2) is 28.7 Å². The molecule has 0 spiro atoms. The van der Waals surface area contributed by atoms with Crippen LogP contribution in [0.3, 0.4) is 0 Å². The Bertz CT molecular complexity index is 519. The summed E-state index contributed by atoms with van der Waals surface area (Å²) in [6, 6.07) is 7.93. The van der Waals surface area contributed by atoms with E-state index in [0.29, 0.717) is 0 Å². The number of ether oxygens (including phenoxy) is 1. The Labute approximate surface area is 179 Å². The normalized spacial score (nSPS) is 13.6. The standard InChI is InChI=1S/C18H24Br4O2/c1-4-17(3,5-2)11-10-15(13-6-8-14(19)9-7-13)16(23)24-12-18(20,21)22/h6-9,15H,4-5,10-12H2,1-3H3/t15-/m0/s1. The van der Waals surface area contributed by atoms with Crippen LogP contribution in [0.2, 0.25) is 0 Å². The van der Waals surface area contributed by atoms with E-state index < -0.39 is 2.14 Å². The molecule has 0 unspecified atom stereocenters. The topological polar surface area (TPSA) is 26.3 Å². The fraction of sp³-hybridized carbons (Fsp3) is 0.611. The third-order valence-corrected chi connectivity index (χ3v) is 5.89. The number of rotatable bonds is 8.